The van der Waals surface area contributed by atoms with Gasteiger partial charge in [0.1, 0.15) is 0 Å². The Kier molecular flexibility index (Phi) is 4.82. The summed E-state index contributed by atoms with van der Waals surface area (Å²) >= 11 is 2.86. The summed E-state index contributed by atoms with van der Waals surface area (Å²) in [4.78, 5) is 27.2. The number of carbonyl (C=O) groups is 2. The summed E-state index contributed by atoms with van der Waals surface area (Å²) in [7, 11) is 0. The monoisotopic (exact) mass is 385 g/mol. The number of hydrogen-bond acceptors (Lipinski definition) is 5. The first-order valence-electron chi connectivity index (χ1n) is 8.62. The Morgan fingerprint density at radius 3 is 3.04 bits per heavy atom. The van der Waals surface area contributed by atoms with E-state index >= 15 is 0 Å². The summed E-state index contributed by atoms with van der Waals surface area (Å²) < 4.78 is 0. The molecule has 0 saturated carbocycles. The van der Waals surface area contributed by atoms with Gasteiger partial charge in [-0.05, 0) is 54.5 Å². The number of rotatable bonds is 3. The van der Waals surface area contributed by atoms with E-state index in [-0.39, 0.29) is 16.4 Å². The number of thiophene rings is 1. The third-order valence-electron chi connectivity index (χ3n) is 4.64. The van der Waals surface area contributed by atoms with Crippen molar-refractivity contribution in [1.82, 2.24) is 5.43 Å². The van der Waals surface area contributed by atoms with E-state index in [1.807, 2.05) is 41.5 Å². The van der Waals surface area contributed by atoms with Gasteiger partial charge >= 0.3 is 0 Å². The second-order valence-electron chi connectivity index (χ2n) is 6.40. The van der Waals surface area contributed by atoms with Gasteiger partial charge in [-0.1, -0.05) is 23.9 Å². The SMILES string of the molecule is CC1SC(=O)NN=C1c1ccc2c(c1)CCCN2C(=O)Cc1cccs1. The number of anilines is 1. The van der Waals surface area contributed by atoms with Crippen LogP contribution in [0.4, 0.5) is 10.5 Å². The first kappa shape index (κ1) is 17.3. The van der Waals surface area contributed by atoms with E-state index in [9.17, 15) is 9.59 Å². The van der Waals surface area contributed by atoms with Gasteiger partial charge in [-0.2, -0.15) is 5.10 Å². The fraction of sp³-hybridized carbons (Fsp3) is 0.316. The average molecular weight is 386 g/mol. The van der Waals surface area contributed by atoms with Crippen LogP contribution in [-0.2, 0) is 17.6 Å². The number of thioether (sulfide) groups is 1. The summed E-state index contributed by atoms with van der Waals surface area (Å²) in [5, 5.41) is 6.13. The maximum absolute atomic E-state index is 12.8. The molecular formula is C19H19N3O2S2. The molecular weight excluding hydrogens is 366 g/mol. The van der Waals surface area contributed by atoms with Gasteiger partial charge in [0.05, 0.1) is 17.4 Å². The molecule has 7 heteroatoms. The Morgan fingerprint density at radius 2 is 2.27 bits per heavy atom. The molecule has 0 bridgehead atoms. The molecule has 1 atom stereocenters. The van der Waals surface area contributed by atoms with Crippen LogP contribution in [0.5, 0.6) is 0 Å². The summed E-state index contributed by atoms with van der Waals surface area (Å²) in [5.41, 5.74) is 6.60. The van der Waals surface area contributed by atoms with Crippen LogP contribution in [0.3, 0.4) is 0 Å². The molecule has 1 N–H and O–H groups in total. The predicted octanol–water partition coefficient (Wildman–Crippen LogP) is 3.82. The van der Waals surface area contributed by atoms with Crippen molar-refractivity contribution in [2.24, 2.45) is 5.10 Å². The Labute approximate surface area is 160 Å². The van der Waals surface area contributed by atoms with Crippen LogP contribution in [0.15, 0.2) is 40.8 Å². The number of aryl methyl sites for hydroxylation is 1. The molecule has 26 heavy (non-hydrogen) atoms. The second-order valence-corrected chi connectivity index (χ2v) is 8.75. The molecule has 1 unspecified atom stereocenters. The number of hydrogen-bond donors (Lipinski definition) is 1. The summed E-state index contributed by atoms with van der Waals surface area (Å²) in [5.74, 6) is 0.146. The molecule has 1 aromatic carbocycles. The van der Waals surface area contributed by atoms with Crippen molar-refractivity contribution in [1.29, 1.82) is 0 Å². The van der Waals surface area contributed by atoms with Crippen molar-refractivity contribution in [2.45, 2.75) is 31.4 Å². The smallest absolute Gasteiger partial charge is 0.299 e. The van der Waals surface area contributed by atoms with Gasteiger partial charge in [0.15, 0.2) is 0 Å². The standard InChI is InChI=1S/C19H19N3O2S2/c1-12-18(20-21-19(24)26-12)14-6-7-16-13(10-14)4-2-8-22(16)17(23)11-15-5-3-9-25-15/h3,5-7,9-10,12H,2,4,8,11H2,1H3,(H,21,24). The van der Waals surface area contributed by atoms with Crippen molar-refractivity contribution < 1.29 is 9.59 Å². The van der Waals surface area contributed by atoms with Crippen molar-refractivity contribution in [2.75, 3.05) is 11.4 Å². The van der Waals surface area contributed by atoms with Crippen molar-refractivity contribution in [3.63, 3.8) is 0 Å². The number of benzene rings is 1. The lowest BCUT2D eigenvalue weighted by atomic mass is 9.96. The number of fused-ring (bicyclic) bond motifs is 1. The minimum absolute atomic E-state index is 0.0157. The molecule has 4 rings (SSSR count). The lowest BCUT2D eigenvalue weighted by molar-refractivity contribution is -0.118. The molecule has 3 heterocycles. The molecule has 2 aliphatic heterocycles. The highest BCUT2D eigenvalue weighted by molar-refractivity contribution is 8.14. The Balaban J connectivity index is 1.60. The lowest BCUT2D eigenvalue weighted by Gasteiger charge is -2.30. The van der Waals surface area contributed by atoms with Gasteiger partial charge in [-0.25, -0.2) is 5.43 Å². The van der Waals surface area contributed by atoms with Crippen LogP contribution in [-0.4, -0.2) is 28.7 Å². The normalized spacial score (nSPS) is 19.6. The minimum atomic E-state index is -0.121. The second kappa shape index (κ2) is 7.25. The van der Waals surface area contributed by atoms with Gasteiger partial charge in [0.25, 0.3) is 5.24 Å². The number of carbonyl (C=O) groups excluding carboxylic acids is 2. The lowest BCUT2D eigenvalue weighted by Crippen LogP contribution is -2.36. The molecule has 1 aromatic heterocycles. The maximum atomic E-state index is 12.8. The van der Waals surface area contributed by atoms with Gasteiger partial charge in [-0.15, -0.1) is 11.3 Å². The third kappa shape index (κ3) is 3.41. The van der Waals surface area contributed by atoms with E-state index in [1.165, 1.54) is 17.3 Å². The summed E-state index contributed by atoms with van der Waals surface area (Å²) in [6.45, 7) is 2.75. The number of hydrazone groups is 1. The van der Waals surface area contributed by atoms with E-state index < -0.39 is 0 Å². The topological polar surface area (TPSA) is 61.8 Å². The van der Waals surface area contributed by atoms with Crippen LogP contribution in [0.1, 0.15) is 29.3 Å². The molecule has 5 nitrogen and oxygen atoms in total. The Bertz CT molecular complexity index is 877. The first-order valence-corrected chi connectivity index (χ1v) is 10.4. The van der Waals surface area contributed by atoms with E-state index in [2.05, 4.69) is 16.6 Å². The van der Waals surface area contributed by atoms with Crippen LogP contribution >= 0.6 is 23.1 Å². The van der Waals surface area contributed by atoms with E-state index in [0.29, 0.717) is 6.42 Å². The highest BCUT2D eigenvalue weighted by Gasteiger charge is 2.26. The molecule has 2 amide bonds. The molecule has 0 spiro atoms. The van der Waals surface area contributed by atoms with E-state index in [1.54, 1.807) is 11.3 Å². The highest BCUT2D eigenvalue weighted by Crippen LogP contribution is 2.31. The van der Waals surface area contributed by atoms with Crippen molar-refractivity contribution >= 4 is 45.6 Å². The third-order valence-corrected chi connectivity index (χ3v) is 6.40. The Hall–Kier alpha value is -2.12. The fourth-order valence-electron chi connectivity index (χ4n) is 3.41. The zero-order chi connectivity index (χ0) is 18.1. The van der Waals surface area contributed by atoms with E-state index in [0.717, 1.165) is 41.2 Å². The molecule has 2 aromatic rings. The van der Waals surface area contributed by atoms with Crippen LogP contribution in [0.2, 0.25) is 0 Å². The number of amides is 2. The van der Waals surface area contributed by atoms with Crippen molar-refractivity contribution in [3.05, 3.63) is 51.7 Å². The van der Waals surface area contributed by atoms with Gasteiger partial charge in [-0.3, -0.25) is 9.59 Å². The average Bonchev–Trinajstić information content (AvgIpc) is 3.13. The van der Waals surface area contributed by atoms with E-state index in [4.69, 9.17) is 0 Å². The quantitative estimate of drug-likeness (QED) is 0.874. The number of nitrogens with one attached hydrogen (secondary N) is 1. The van der Waals surface area contributed by atoms with Crippen molar-refractivity contribution in [3.8, 4) is 0 Å². The molecule has 0 fully saturated rings. The molecule has 0 saturated heterocycles. The molecule has 134 valence electrons. The zero-order valence-corrected chi connectivity index (χ0v) is 16.0. The molecule has 0 aliphatic carbocycles. The van der Waals surface area contributed by atoms with Crippen LogP contribution in [0, 0.1) is 0 Å². The highest BCUT2D eigenvalue weighted by atomic mass is 32.2. The summed E-state index contributed by atoms with van der Waals surface area (Å²) in [6, 6.07) is 10.1. The molecule has 0 radical (unpaired) electrons. The van der Waals surface area contributed by atoms with Gasteiger partial charge in [0, 0.05) is 17.1 Å². The fourth-order valence-corrected chi connectivity index (χ4v) is 4.83. The summed E-state index contributed by atoms with van der Waals surface area (Å²) in [6.07, 6.45) is 2.36. The zero-order valence-electron chi connectivity index (χ0n) is 14.4. The Morgan fingerprint density at radius 1 is 1.38 bits per heavy atom. The maximum Gasteiger partial charge on any atom is 0.299 e. The van der Waals surface area contributed by atoms with Crippen LogP contribution in [0.25, 0.3) is 0 Å². The number of nitrogens with zero attached hydrogens (tertiary/aromatic N) is 2. The predicted molar refractivity (Wildman–Crippen MR) is 107 cm³/mol. The first-order chi connectivity index (χ1) is 12.6. The van der Waals surface area contributed by atoms with Gasteiger partial charge < -0.3 is 4.90 Å². The van der Waals surface area contributed by atoms with Crippen LogP contribution < -0.4 is 10.3 Å². The largest absolute Gasteiger partial charge is 0.312 e. The minimum Gasteiger partial charge on any atom is -0.312 e. The van der Waals surface area contributed by atoms with Gasteiger partial charge in [0.2, 0.25) is 5.91 Å². The molecule has 2 aliphatic rings.